The molecule has 0 aliphatic heterocycles. The predicted octanol–water partition coefficient (Wildman–Crippen LogP) is 3.73. The second-order valence-corrected chi connectivity index (χ2v) is 5.37. The molecule has 0 bridgehead atoms. The maximum atomic E-state index is 6.12. The zero-order chi connectivity index (χ0) is 13.6. The Kier molecular flexibility index (Phi) is 2.95. The molecule has 0 atom stereocenters. The van der Waals surface area contributed by atoms with Crippen LogP contribution in [0.2, 0.25) is 5.02 Å². The maximum absolute atomic E-state index is 6.12. The van der Waals surface area contributed by atoms with Crippen LogP contribution in [0.25, 0.3) is 16.9 Å². The van der Waals surface area contributed by atoms with E-state index in [1.54, 1.807) is 4.57 Å². The fourth-order valence-electron chi connectivity index (χ4n) is 1.97. The van der Waals surface area contributed by atoms with Gasteiger partial charge in [0.15, 0.2) is 5.65 Å². The maximum Gasteiger partial charge on any atom is 0.207 e. The number of aryl methyl sites for hydroxylation is 1. The number of imidazole rings is 1. The highest BCUT2D eigenvalue weighted by Gasteiger charge is 2.14. The smallest absolute Gasteiger partial charge is 0.207 e. The zero-order valence-electron chi connectivity index (χ0n) is 10.1. The first-order valence-corrected chi connectivity index (χ1v) is 6.81. The van der Waals surface area contributed by atoms with Crippen LogP contribution in [0.4, 0.5) is 5.95 Å². The van der Waals surface area contributed by atoms with E-state index in [1.807, 2.05) is 37.3 Å². The molecule has 96 valence electrons. The highest BCUT2D eigenvalue weighted by molar-refractivity contribution is 9.10. The van der Waals surface area contributed by atoms with Gasteiger partial charge in [0.1, 0.15) is 5.52 Å². The molecule has 0 spiro atoms. The Bertz CT molecular complexity index is 782. The van der Waals surface area contributed by atoms with Crippen LogP contribution in [0.1, 0.15) is 5.69 Å². The largest absolute Gasteiger partial charge is 0.369 e. The summed E-state index contributed by atoms with van der Waals surface area (Å²) in [5.41, 5.74) is 9.22. The van der Waals surface area contributed by atoms with Crippen molar-refractivity contribution in [2.45, 2.75) is 6.92 Å². The van der Waals surface area contributed by atoms with Crippen molar-refractivity contribution in [1.82, 2.24) is 14.5 Å². The fraction of sp³-hybridized carbons (Fsp3) is 0.0769. The first-order chi connectivity index (χ1) is 9.08. The van der Waals surface area contributed by atoms with Crippen molar-refractivity contribution in [3.8, 4) is 5.69 Å². The summed E-state index contributed by atoms with van der Waals surface area (Å²) in [4.78, 5) is 8.82. The molecule has 0 aliphatic rings. The number of aromatic nitrogens is 3. The normalized spacial score (nSPS) is 11.1. The number of nitrogen functional groups attached to an aromatic ring is 1. The lowest BCUT2D eigenvalue weighted by Crippen LogP contribution is -2.02. The van der Waals surface area contributed by atoms with Gasteiger partial charge in [-0.3, -0.25) is 4.57 Å². The summed E-state index contributed by atoms with van der Waals surface area (Å²) in [6.45, 7) is 1.93. The predicted molar refractivity (Wildman–Crippen MR) is 80.7 cm³/mol. The van der Waals surface area contributed by atoms with Crippen molar-refractivity contribution in [2.75, 3.05) is 5.73 Å². The van der Waals surface area contributed by atoms with Gasteiger partial charge in [-0.05, 0) is 47.1 Å². The van der Waals surface area contributed by atoms with Crippen LogP contribution < -0.4 is 5.73 Å². The summed E-state index contributed by atoms with van der Waals surface area (Å²) in [5.74, 6) is 0.385. The van der Waals surface area contributed by atoms with Crippen LogP contribution in [0, 0.1) is 6.92 Å². The van der Waals surface area contributed by atoms with Crippen molar-refractivity contribution < 1.29 is 0 Å². The van der Waals surface area contributed by atoms with E-state index in [-0.39, 0.29) is 0 Å². The molecule has 4 nitrogen and oxygen atoms in total. The van der Waals surface area contributed by atoms with E-state index in [0.717, 1.165) is 27.0 Å². The summed E-state index contributed by atoms with van der Waals surface area (Å²) in [6.07, 6.45) is 0. The van der Waals surface area contributed by atoms with E-state index in [1.165, 1.54) is 0 Å². The topological polar surface area (TPSA) is 56.7 Å². The minimum absolute atomic E-state index is 0.385. The summed E-state index contributed by atoms with van der Waals surface area (Å²) in [6, 6.07) is 9.40. The summed E-state index contributed by atoms with van der Waals surface area (Å²) >= 11 is 9.60. The van der Waals surface area contributed by atoms with Crippen molar-refractivity contribution >= 4 is 44.6 Å². The van der Waals surface area contributed by atoms with Gasteiger partial charge in [0, 0.05) is 5.69 Å². The monoisotopic (exact) mass is 336 g/mol. The third-order valence-electron chi connectivity index (χ3n) is 2.84. The molecule has 2 aromatic heterocycles. The number of rotatable bonds is 1. The van der Waals surface area contributed by atoms with Gasteiger partial charge in [0.25, 0.3) is 0 Å². The van der Waals surface area contributed by atoms with Gasteiger partial charge in [-0.15, -0.1) is 0 Å². The second-order valence-electron chi connectivity index (χ2n) is 4.17. The van der Waals surface area contributed by atoms with Gasteiger partial charge in [-0.25, -0.2) is 9.97 Å². The molecule has 0 fully saturated rings. The van der Waals surface area contributed by atoms with E-state index in [4.69, 9.17) is 17.3 Å². The molecule has 0 aliphatic carbocycles. The van der Waals surface area contributed by atoms with Crippen molar-refractivity contribution in [1.29, 1.82) is 0 Å². The molecule has 1 aromatic carbocycles. The Labute approximate surface area is 123 Å². The molecule has 3 aromatic rings. The molecule has 0 saturated carbocycles. The minimum Gasteiger partial charge on any atom is -0.369 e. The number of nitrogens with two attached hydrogens (primary N) is 1. The fourth-order valence-corrected chi connectivity index (χ4v) is 2.58. The molecule has 0 unspecified atom stereocenters. The Morgan fingerprint density at radius 2 is 2.00 bits per heavy atom. The number of fused-ring (bicyclic) bond motifs is 1. The number of halogens is 2. The van der Waals surface area contributed by atoms with Gasteiger partial charge < -0.3 is 5.73 Å². The van der Waals surface area contributed by atoms with Crippen LogP contribution in [0.15, 0.2) is 34.8 Å². The van der Waals surface area contributed by atoms with Gasteiger partial charge in [-0.1, -0.05) is 17.7 Å². The number of anilines is 1. The standard InChI is InChI=1S/C13H10BrClN4/c1-7-5-6-9-12(17-7)19(13(16)18-9)10-4-2-3-8(15)11(10)14/h2-6H,1H3,(H2,16,18). The van der Waals surface area contributed by atoms with Crippen LogP contribution >= 0.6 is 27.5 Å². The van der Waals surface area contributed by atoms with Crippen molar-refractivity contribution in [3.05, 3.63) is 45.5 Å². The molecule has 0 amide bonds. The molecule has 3 rings (SSSR count). The van der Waals surface area contributed by atoms with Crippen LogP contribution in [0.5, 0.6) is 0 Å². The van der Waals surface area contributed by atoms with Crippen molar-refractivity contribution in [3.63, 3.8) is 0 Å². The molecule has 0 saturated heterocycles. The van der Waals surface area contributed by atoms with Crippen LogP contribution in [-0.4, -0.2) is 14.5 Å². The number of benzene rings is 1. The number of hydrogen-bond donors (Lipinski definition) is 1. The van der Waals surface area contributed by atoms with E-state index in [2.05, 4.69) is 25.9 Å². The van der Waals surface area contributed by atoms with E-state index in [9.17, 15) is 0 Å². The molecule has 2 heterocycles. The van der Waals surface area contributed by atoms with E-state index < -0.39 is 0 Å². The zero-order valence-corrected chi connectivity index (χ0v) is 12.4. The second kappa shape index (κ2) is 4.51. The minimum atomic E-state index is 0.385. The lowest BCUT2D eigenvalue weighted by Gasteiger charge is -2.09. The molecule has 2 N–H and O–H groups in total. The van der Waals surface area contributed by atoms with E-state index >= 15 is 0 Å². The lowest BCUT2D eigenvalue weighted by molar-refractivity contribution is 1.07. The average molecular weight is 338 g/mol. The van der Waals surface area contributed by atoms with Crippen LogP contribution in [-0.2, 0) is 0 Å². The van der Waals surface area contributed by atoms with Crippen LogP contribution in [0.3, 0.4) is 0 Å². The Morgan fingerprint density at radius 1 is 1.21 bits per heavy atom. The molecular formula is C13H10BrClN4. The highest BCUT2D eigenvalue weighted by atomic mass is 79.9. The van der Waals surface area contributed by atoms with E-state index in [0.29, 0.717) is 11.0 Å². The quantitative estimate of drug-likeness (QED) is 0.736. The summed E-state index contributed by atoms with van der Waals surface area (Å²) in [5, 5.41) is 0.617. The summed E-state index contributed by atoms with van der Waals surface area (Å²) in [7, 11) is 0. The first-order valence-electron chi connectivity index (χ1n) is 5.64. The van der Waals surface area contributed by atoms with Gasteiger partial charge >= 0.3 is 0 Å². The third kappa shape index (κ3) is 1.99. The van der Waals surface area contributed by atoms with Gasteiger partial charge in [0.2, 0.25) is 5.95 Å². The number of hydrogen-bond acceptors (Lipinski definition) is 3. The molecule has 0 radical (unpaired) electrons. The Hall–Kier alpha value is -1.59. The highest BCUT2D eigenvalue weighted by Crippen LogP contribution is 2.32. The summed E-state index contributed by atoms with van der Waals surface area (Å²) < 4.78 is 2.56. The average Bonchev–Trinajstić information content (AvgIpc) is 2.69. The number of nitrogens with zero attached hydrogens (tertiary/aromatic N) is 3. The SMILES string of the molecule is Cc1ccc2nc(N)n(-c3cccc(Cl)c3Br)c2n1. The molecule has 19 heavy (non-hydrogen) atoms. The first kappa shape index (κ1) is 12.4. The number of pyridine rings is 1. The van der Waals surface area contributed by atoms with Gasteiger partial charge in [-0.2, -0.15) is 0 Å². The third-order valence-corrected chi connectivity index (χ3v) is 4.22. The lowest BCUT2D eigenvalue weighted by atomic mass is 10.3. The van der Waals surface area contributed by atoms with Crippen molar-refractivity contribution in [2.24, 2.45) is 0 Å². The Balaban J connectivity index is 2.39. The van der Waals surface area contributed by atoms with Gasteiger partial charge in [0.05, 0.1) is 15.2 Å². The molecule has 6 heteroatoms. The Morgan fingerprint density at radius 3 is 2.79 bits per heavy atom. The molecular weight excluding hydrogens is 328 g/mol.